The first-order valence-electron chi connectivity index (χ1n) is 10.9. The summed E-state index contributed by atoms with van der Waals surface area (Å²) in [4.78, 5) is 29.6. The molecule has 0 radical (unpaired) electrons. The van der Waals surface area contributed by atoms with Gasteiger partial charge in [0.25, 0.3) is 11.5 Å². The number of thiophene rings is 1. The van der Waals surface area contributed by atoms with Crippen LogP contribution in [0.15, 0.2) is 84.0 Å². The first-order chi connectivity index (χ1) is 17.5. The molecule has 0 spiro atoms. The molecule has 4 heterocycles. The molecule has 36 heavy (non-hydrogen) atoms. The van der Waals surface area contributed by atoms with E-state index in [0.717, 1.165) is 16.8 Å². The van der Waals surface area contributed by atoms with Crippen molar-refractivity contribution in [3.05, 3.63) is 105 Å². The summed E-state index contributed by atoms with van der Waals surface area (Å²) < 4.78 is 3.78. The minimum Gasteiger partial charge on any atom is -0.373 e. The van der Waals surface area contributed by atoms with Gasteiger partial charge >= 0.3 is 0 Å². The molecule has 11 heteroatoms. The molecule has 4 aromatic heterocycles. The van der Waals surface area contributed by atoms with Crippen molar-refractivity contribution in [2.75, 3.05) is 12.4 Å². The van der Waals surface area contributed by atoms with Crippen LogP contribution in [0.25, 0.3) is 22.5 Å². The number of hydrogen-bond acceptors (Lipinski definition) is 7. The Hall–Kier alpha value is -4.28. The second-order valence-corrected chi connectivity index (χ2v) is 9.45. The van der Waals surface area contributed by atoms with Crippen LogP contribution < -0.4 is 16.2 Å². The van der Waals surface area contributed by atoms with Crippen LogP contribution in [0.4, 0.5) is 5.82 Å². The maximum atomic E-state index is 12.4. The molecule has 0 saturated carbocycles. The molecule has 0 saturated heterocycles. The fourth-order valence-electron chi connectivity index (χ4n) is 3.67. The summed E-state index contributed by atoms with van der Waals surface area (Å²) in [6.07, 6.45) is 5.20. The van der Waals surface area contributed by atoms with Gasteiger partial charge in [-0.3, -0.25) is 14.2 Å². The highest BCUT2D eigenvalue weighted by atomic mass is 35.5. The number of aromatic nitrogens is 5. The monoisotopic (exact) mass is 517 g/mol. The Kier molecular flexibility index (Phi) is 6.61. The molecule has 0 bridgehead atoms. The number of nitrogens with zero attached hydrogens (tertiary/aromatic N) is 5. The summed E-state index contributed by atoms with van der Waals surface area (Å²) in [5.74, 6) is 0.479. The molecule has 0 aliphatic carbocycles. The van der Waals surface area contributed by atoms with Crippen molar-refractivity contribution >= 4 is 34.7 Å². The van der Waals surface area contributed by atoms with Crippen LogP contribution in [0, 0.1) is 0 Å². The molecule has 0 unspecified atom stereocenters. The summed E-state index contributed by atoms with van der Waals surface area (Å²) in [5.41, 5.74) is 3.64. The van der Waals surface area contributed by atoms with E-state index in [2.05, 4.69) is 25.9 Å². The van der Waals surface area contributed by atoms with Crippen LogP contribution in [0.3, 0.4) is 0 Å². The molecule has 0 aliphatic heterocycles. The number of hydrogen-bond donors (Lipinski definition) is 2. The summed E-state index contributed by atoms with van der Waals surface area (Å²) in [7, 11) is 1.80. The third kappa shape index (κ3) is 4.90. The van der Waals surface area contributed by atoms with Gasteiger partial charge < -0.3 is 10.6 Å². The first kappa shape index (κ1) is 23.5. The van der Waals surface area contributed by atoms with Gasteiger partial charge in [-0.1, -0.05) is 22.9 Å². The van der Waals surface area contributed by atoms with Crippen molar-refractivity contribution in [1.29, 1.82) is 0 Å². The van der Waals surface area contributed by atoms with E-state index in [-0.39, 0.29) is 18.0 Å². The third-order valence-corrected chi connectivity index (χ3v) is 6.65. The third-order valence-electron chi connectivity index (χ3n) is 5.42. The van der Waals surface area contributed by atoms with E-state index in [1.54, 1.807) is 53.1 Å². The molecule has 0 fully saturated rings. The van der Waals surface area contributed by atoms with Crippen LogP contribution in [-0.2, 0) is 6.54 Å². The maximum Gasteiger partial charge on any atom is 0.261 e. The highest BCUT2D eigenvalue weighted by molar-refractivity contribution is 7.18. The molecule has 9 nitrogen and oxygen atoms in total. The lowest BCUT2D eigenvalue weighted by atomic mass is 10.0. The van der Waals surface area contributed by atoms with Crippen LogP contribution in [0.5, 0.6) is 0 Å². The Morgan fingerprint density at radius 3 is 2.78 bits per heavy atom. The number of rotatable bonds is 7. The second-order valence-electron chi connectivity index (χ2n) is 7.73. The Morgan fingerprint density at radius 1 is 1.11 bits per heavy atom. The summed E-state index contributed by atoms with van der Waals surface area (Å²) in [5, 5.41) is 14.4. The van der Waals surface area contributed by atoms with Gasteiger partial charge in [0.2, 0.25) is 0 Å². The Morgan fingerprint density at radius 2 is 2.00 bits per heavy atom. The fraction of sp³-hybridized carbons (Fsp3) is 0.0800. The minimum atomic E-state index is -0.226. The summed E-state index contributed by atoms with van der Waals surface area (Å²) in [6.45, 7) is 0.209. The average Bonchev–Trinajstić information content (AvgIpc) is 3.56. The van der Waals surface area contributed by atoms with Crippen LogP contribution in [-0.4, -0.2) is 37.5 Å². The molecule has 1 amide bonds. The van der Waals surface area contributed by atoms with E-state index >= 15 is 0 Å². The molecule has 0 atom stereocenters. The second kappa shape index (κ2) is 10.1. The number of anilines is 1. The van der Waals surface area contributed by atoms with Gasteiger partial charge in [-0.25, -0.2) is 9.67 Å². The zero-order valence-corrected chi connectivity index (χ0v) is 20.6. The van der Waals surface area contributed by atoms with Gasteiger partial charge in [-0.05, 0) is 54.1 Å². The topological polar surface area (TPSA) is 107 Å². The normalized spacial score (nSPS) is 10.8. The zero-order chi connectivity index (χ0) is 25.1. The fourth-order valence-corrected chi connectivity index (χ4v) is 4.63. The average molecular weight is 518 g/mol. The molecular weight excluding hydrogens is 498 g/mol. The molecule has 1 aromatic carbocycles. The maximum absolute atomic E-state index is 12.4. The van der Waals surface area contributed by atoms with E-state index in [1.807, 2.05) is 36.4 Å². The predicted molar refractivity (Wildman–Crippen MR) is 140 cm³/mol. The zero-order valence-electron chi connectivity index (χ0n) is 19.1. The standard InChI is InChI=1S/C25H20ClN7O2S/c1-27-23-12-16(9-10-28-23)19-13-18(32-11-3-2-4-24(32)34)5-6-20(19)33-15-17(30-31-33)14-29-25(35)21-7-8-22(26)36-21/h2-13,15H,14H2,1H3,(H,27,28)(H,29,35). The van der Waals surface area contributed by atoms with Gasteiger partial charge in [0, 0.05) is 36.8 Å². The van der Waals surface area contributed by atoms with E-state index < -0.39 is 0 Å². The Labute approximate surface area is 215 Å². The molecule has 0 aliphatic rings. The SMILES string of the molecule is CNc1cc(-c2cc(-n3ccccc3=O)ccc2-n2cc(CNC(=O)c3ccc(Cl)s3)nn2)ccn1. The highest BCUT2D eigenvalue weighted by Gasteiger charge is 2.14. The van der Waals surface area contributed by atoms with Crippen molar-refractivity contribution in [1.82, 2.24) is 29.9 Å². The molecule has 2 N–H and O–H groups in total. The molecular formula is C25H20ClN7O2S. The van der Waals surface area contributed by atoms with Gasteiger partial charge in [0.1, 0.15) is 11.5 Å². The van der Waals surface area contributed by atoms with Gasteiger partial charge in [-0.2, -0.15) is 0 Å². The quantitative estimate of drug-likeness (QED) is 0.335. The Balaban J connectivity index is 1.49. The first-order valence-corrected chi connectivity index (χ1v) is 12.1. The van der Waals surface area contributed by atoms with Gasteiger partial charge in [0.05, 0.1) is 27.6 Å². The minimum absolute atomic E-state index is 0.132. The van der Waals surface area contributed by atoms with Gasteiger partial charge in [0.15, 0.2) is 0 Å². The van der Waals surface area contributed by atoms with Gasteiger partial charge in [-0.15, -0.1) is 16.4 Å². The predicted octanol–water partition coefficient (Wildman–Crippen LogP) is 4.17. The van der Waals surface area contributed by atoms with E-state index in [1.165, 1.54) is 17.4 Å². The van der Waals surface area contributed by atoms with E-state index in [0.29, 0.717) is 26.4 Å². The number of benzene rings is 1. The van der Waals surface area contributed by atoms with Crippen LogP contribution >= 0.6 is 22.9 Å². The lowest BCUT2D eigenvalue weighted by Gasteiger charge is -2.14. The Bertz CT molecular complexity index is 1610. The number of nitrogens with one attached hydrogen (secondary N) is 2. The summed E-state index contributed by atoms with van der Waals surface area (Å²) in [6, 6.07) is 17.9. The van der Waals surface area contributed by atoms with Crippen LogP contribution in [0.1, 0.15) is 15.4 Å². The number of halogens is 1. The summed E-state index contributed by atoms with van der Waals surface area (Å²) >= 11 is 7.14. The van der Waals surface area contributed by atoms with Crippen LogP contribution in [0.2, 0.25) is 4.34 Å². The van der Waals surface area contributed by atoms with E-state index in [9.17, 15) is 9.59 Å². The van der Waals surface area contributed by atoms with Crippen molar-refractivity contribution in [3.8, 4) is 22.5 Å². The number of amides is 1. The van der Waals surface area contributed by atoms with Crippen molar-refractivity contribution < 1.29 is 4.79 Å². The lowest BCUT2D eigenvalue weighted by molar-refractivity contribution is 0.0954. The number of carbonyl (C=O) groups excluding carboxylic acids is 1. The van der Waals surface area contributed by atoms with Crippen molar-refractivity contribution in [2.24, 2.45) is 0 Å². The smallest absolute Gasteiger partial charge is 0.261 e. The largest absolute Gasteiger partial charge is 0.373 e. The number of carbonyl (C=O) groups is 1. The van der Waals surface area contributed by atoms with E-state index in [4.69, 9.17) is 11.6 Å². The molecule has 5 aromatic rings. The highest BCUT2D eigenvalue weighted by Crippen LogP contribution is 2.30. The van der Waals surface area contributed by atoms with Crippen molar-refractivity contribution in [2.45, 2.75) is 6.54 Å². The number of pyridine rings is 2. The molecule has 180 valence electrons. The van der Waals surface area contributed by atoms with Crippen molar-refractivity contribution in [3.63, 3.8) is 0 Å². The lowest BCUT2D eigenvalue weighted by Crippen LogP contribution is -2.21. The molecule has 5 rings (SSSR count).